The van der Waals surface area contributed by atoms with Gasteiger partial charge in [0.15, 0.2) is 0 Å². The molecule has 0 fully saturated rings. The van der Waals surface area contributed by atoms with Gasteiger partial charge in [-0.25, -0.2) is 22.9 Å². The van der Waals surface area contributed by atoms with Crippen molar-refractivity contribution in [1.29, 1.82) is 0 Å². The molecule has 0 radical (unpaired) electrons. The van der Waals surface area contributed by atoms with E-state index in [-0.39, 0.29) is 22.2 Å². The average molecular weight is 391 g/mol. The molecule has 0 aliphatic rings. The molecule has 3 aromatic rings. The second-order valence-corrected chi connectivity index (χ2v) is 7.68. The SMILES string of the molecule is CNS(=O)(=O)c1ccc(C(=O)OCc2cc3ccccc3nc2Cl)cc1. The molecule has 134 valence electrons. The molecule has 3 rings (SSSR count). The van der Waals surface area contributed by atoms with E-state index in [0.717, 1.165) is 10.9 Å². The number of carbonyl (C=O) groups is 1. The van der Waals surface area contributed by atoms with Crippen molar-refractivity contribution < 1.29 is 17.9 Å². The highest BCUT2D eigenvalue weighted by atomic mass is 35.5. The lowest BCUT2D eigenvalue weighted by atomic mass is 10.1. The molecule has 1 N–H and O–H groups in total. The molecule has 0 spiro atoms. The molecule has 0 aliphatic carbocycles. The summed E-state index contributed by atoms with van der Waals surface area (Å²) in [5, 5.41) is 1.16. The number of aromatic nitrogens is 1. The number of para-hydroxylation sites is 1. The number of ether oxygens (including phenoxy) is 1. The third kappa shape index (κ3) is 3.85. The minimum Gasteiger partial charge on any atom is -0.457 e. The van der Waals surface area contributed by atoms with E-state index in [1.807, 2.05) is 30.3 Å². The number of halogens is 1. The van der Waals surface area contributed by atoms with E-state index in [4.69, 9.17) is 16.3 Å². The molecule has 0 amide bonds. The van der Waals surface area contributed by atoms with Gasteiger partial charge in [0, 0.05) is 10.9 Å². The number of hydrogen-bond acceptors (Lipinski definition) is 5. The monoisotopic (exact) mass is 390 g/mol. The van der Waals surface area contributed by atoms with Gasteiger partial charge in [0.25, 0.3) is 0 Å². The summed E-state index contributed by atoms with van der Waals surface area (Å²) in [4.78, 5) is 16.5. The van der Waals surface area contributed by atoms with E-state index in [0.29, 0.717) is 5.56 Å². The first kappa shape index (κ1) is 18.3. The summed E-state index contributed by atoms with van der Waals surface area (Å²) in [6.07, 6.45) is 0. The third-order valence-corrected chi connectivity index (χ3v) is 5.54. The second kappa shape index (κ2) is 7.41. The number of rotatable bonds is 5. The van der Waals surface area contributed by atoms with Crippen LogP contribution in [0.5, 0.6) is 0 Å². The van der Waals surface area contributed by atoms with Gasteiger partial charge in [-0.2, -0.15) is 0 Å². The Balaban J connectivity index is 1.74. The molecule has 8 heteroatoms. The van der Waals surface area contributed by atoms with Crippen molar-refractivity contribution in [3.05, 3.63) is 70.9 Å². The lowest BCUT2D eigenvalue weighted by Gasteiger charge is -2.08. The minimum atomic E-state index is -3.55. The van der Waals surface area contributed by atoms with Crippen LogP contribution in [0.15, 0.2) is 59.5 Å². The van der Waals surface area contributed by atoms with Gasteiger partial charge in [0.2, 0.25) is 10.0 Å². The second-order valence-electron chi connectivity index (χ2n) is 5.44. The Bertz CT molecular complexity index is 1070. The van der Waals surface area contributed by atoms with Crippen LogP contribution in [-0.2, 0) is 21.4 Å². The fraction of sp³-hybridized carbons (Fsp3) is 0.111. The molecule has 0 bridgehead atoms. The van der Waals surface area contributed by atoms with Crippen LogP contribution in [0.1, 0.15) is 15.9 Å². The summed E-state index contributed by atoms with van der Waals surface area (Å²) in [6, 6.07) is 14.8. The van der Waals surface area contributed by atoms with Crippen LogP contribution in [0.3, 0.4) is 0 Å². The minimum absolute atomic E-state index is 0.0356. The Morgan fingerprint density at radius 2 is 1.85 bits per heavy atom. The van der Waals surface area contributed by atoms with Crippen molar-refractivity contribution in [2.24, 2.45) is 0 Å². The Hall–Kier alpha value is -2.48. The van der Waals surface area contributed by atoms with Crippen LogP contribution in [0.4, 0.5) is 0 Å². The summed E-state index contributed by atoms with van der Waals surface area (Å²) in [6.45, 7) is -0.0356. The first-order valence-corrected chi connectivity index (χ1v) is 9.52. The predicted molar refractivity (Wildman–Crippen MR) is 98.6 cm³/mol. The molecule has 0 atom stereocenters. The van der Waals surface area contributed by atoms with E-state index in [1.54, 1.807) is 0 Å². The van der Waals surface area contributed by atoms with Crippen LogP contribution in [0.2, 0.25) is 5.15 Å². The zero-order valence-electron chi connectivity index (χ0n) is 13.8. The van der Waals surface area contributed by atoms with Gasteiger partial charge in [-0.15, -0.1) is 0 Å². The molecule has 0 unspecified atom stereocenters. The van der Waals surface area contributed by atoms with Gasteiger partial charge >= 0.3 is 5.97 Å². The third-order valence-electron chi connectivity index (χ3n) is 3.78. The number of pyridine rings is 1. The van der Waals surface area contributed by atoms with Gasteiger partial charge in [0.1, 0.15) is 11.8 Å². The summed E-state index contributed by atoms with van der Waals surface area (Å²) in [5.74, 6) is -0.581. The van der Waals surface area contributed by atoms with Crippen LogP contribution in [0.25, 0.3) is 10.9 Å². The van der Waals surface area contributed by atoms with E-state index in [9.17, 15) is 13.2 Å². The number of hydrogen-bond donors (Lipinski definition) is 1. The fourth-order valence-electron chi connectivity index (χ4n) is 2.35. The number of nitrogens with zero attached hydrogens (tertiary/aromatic N) is 1. The lowest BCUT2D eigenvalue weighted by molar-refractivity contribution is 0.0472. The van der Waals surface area contributed by atoms with Gasteiger partial charge in [-0.05, 0) is 43.4 Å². The summed E-state index contributed by atoms with van der Waals surface area (Å²) in [7, 11) is -2.23. The molecule has 2 aromatic carbocycles. The van der Waals surface area contributed by atoms with E-state index in [1.165, 1.54) is 31.3 Å². The highest BCUT2D eigenvalue weighted by molar-refractivity contribution is 7.89. The first-order chi connectivity index (χ1) is 12.4. The normalized spacial score (nSPS) is 11.5. The lowest BCUT2D eigenvalue weighted by Crippen LogP contribution is -2.18. The fourth-order valence-corrected chi connectivity index (χ4v) is 3.28. The first-order valence-electron chi connectivity index (χ1n) is 7.65. The number of benzene rings is 2. The number of sulfonamides is 1. The van der Waals surface area contributed by atoms with Gasteiger partial charge < -0.3 is 4.74 Å². The Morgan fingerprint density at radius 1 is 1.15 bits per heavy atom. The summed E-state index contributed by atoms with van der Waals surface area (Å²) < 4.78 is 30.9. The Morgan fingerprint density at radius 3 is 2.54 bits per heavy atom. The van der Waals surface area contributed by atoms with Crippen molar-refractivity contribution in [2.45, 2.75) is 11.5 Å². The number of carbonyl (C=O) groups excluding carboxylic acids is 1. The van der Waals surface area contributed by atoms with Gasteiger partial charge in [-0.3, -0.25) is 0 Å². The molecule has 0 saturated heterocycles. The molecule has 6 nitrogen and oxygen atoms in total. The predicted octanol–water partition coefficient (Wildman–Crippen LogP) is 3.15. The average Bonchev–Trinajstić information content (AvgIpc) is 2.66. The van der Waals surface area contributed by atoms with Crippen LogP contribution < -0.4 is 4.72 Å². The molecular formula is C18H15ClN2O4S. The van der Waals surface area contributed by atoms with Gasteiger partial charge in [-0.1, -0.05) is 29.8 Å². The topological polar surface area (TPSA) is 85.4 Å². The highest BCUT2D eigenvalue weighted by Crippen LogP contribution is 2.21. The zero-order chi connectivity index (χ0) is 18.7. The van der Waals surface area contributed by atoms with E-state index < -0.39 is 16.0 Å². The standard InChI is InChI=1S/C18H15ClN2O4S/c1-20-26(23,24)15-8-6-12(7-9-15)18(22)25-11-14-10-13-4-2-3-5-16(13)21-17(14)19/h2-10,20H,11H2,1H3. The maximum Gasteiger partial charge on any atom is 0.338 e. The van der Waals surface area contributed by atoms with Crippen molar-refractivity contribution in [2.75, 3.05) is 7.05 Å². The summed E-state index contributed by atoms with van der Waals surface area (Å²) >= 11 is 6.14. The number of fused-ring (bicyclic) bond motifs is 1. The van der Waals surface area contributed by atoms with Gasteiger partial charge in [0.05, 0.1) is 16.0 Å². The maximum atomic E-state index is 12.2. The van der Waals surface area contributed by atoms with E-state index in [2.05, 4.69) is 9.71 Å². The Kier molecular flexibility index (Phi) is 5.22. The summed E-state index contributed by atoms with van der Waals surface area (Å²) in [5.41, 5.74) is 1.59. The van der Waals surface area contributed by atoms with Crippen LogP contribution in [0, 0.1) is 0 Å². The highest BCUT2D eigenvalue weighted by Gasteiger charge is 2.14. The van der Waals surface area contributed by atoms with E-state index >= 15 is 0 Å². The van der Waals surface area contributed by atoms with Crippen molar-refractivity contribution in [1.82, 2.24) is 9.71 Å². The molecular weight excluding hydrogens is 376 g/mol. The van der Waals surface area contributed by atoms with Crippen molar-refractivity contribution >= 4 is 38.5 Å². The Labute approximate surface area is 155 Å². The maximum absolute atomic E-state index is 12.2. The molecule has 0 aliphatic heterocycles. The molecule has 1 aromatic heterocycles. The molecule has 26 heavy (non-hydrogen) atoms. The van der Waals surface area contributed by atoms with Crippen molar-refractivity contribution in [3.8, 4) is 0 Å². The smallest absolute Gasteiger partial charge is 0.338 e. The van der Waals surface area contributed by atoms with Crippen LogP contribution in [-0.4, -0.2) is 26.4 Å². The molecule has 0 saturated carbocycles. The number of nitrogens with one attached hydrogen (secondary N) is 1. The van der Waals surface area contributed by atoms with Crippen LogP contribution >= 0.6 is 11.6 Å². The quantitative estimate of drug-likeness (QED) is 0.534. The number of esters is 1. The zero-order valence-corrected chi connectivity index (χ0v) is 15.3. The largest absolute Gasteiger partial charge is 0.457 e. The molecule has 1 heterocycles. The van der Waals surface area contributed by atoms with Crippen molar-refractivity contribution in [3.63, 3.8) is 0 Å².